The van der Waals surface area contributed by atoms with Gasteiger partial charge >= 0.3 is 0 Å². The molecule has 0 saturated heterocycles. The summed E-state index contributed by atoms with van der Waals surface area (Å²) in [5.41, 5.74) is 5.96. The Morgan fingerprint density at radius 1 is 0.727 bits per heavy atom. The van der Waals surface area contributed by atoms with Crippen LogP contribution in [0.2, 0.25) is 0 Å². The predicted octanol–water partition coefficient (Wildman–Crippen LogP) is 3.67. The van der Waals surface area contributed by atoms with Crippen LogP contribution in [-0.2, 0) is 0 Å². The van der Waals surface area contributed by atoms with Gasteiger partial charge in [0.15, 0.2) is 5.78 Å². The highest BCUT2D eigenvalue weighted by Crippen LogP contribution is 2.23. The third kappa shape index (κ3) is 3.14. The minimum Gasteiger partial charge on any atom is -0.377 e. The first kappa shape index (κ1) is 16.1. The molecule has 2 rings (SSSR count). The molecule has 0 bridgehead atoms. The van der Waals surface area contributed by atoms with Gasteiger partial charge in [-0.25, -0.2) is 0 Å². The molecule has 3 heteroatoms. The Balaban J connectivity index is 2.36. The molecular formula is C19H24N2O. The molecule has 0 aliphatic heterocycles. The van der Waals surface area contributed by atoms with E-state index in [9.17, 15) is 4.79 Å². The first-order valence-electron chi connectivity index (χ1n) is 7.42. The zero-order chi connectivity index (χ0) is 16.4. The second kappa shape index (κ2) is 6.22. The Hall–Kier alpha value is -2.29. The molecule has 0 fully saturated rings. The summed E-state index contributed by atoms with van der Waals surface area (Å²) in [6.07, 6.45) is 0. The van der Waals surface area contributed by atoms with E-state index in [2.05, 4.69) is 9.80 Å². The van der Waals surface area contributed by atoms with Gasteiger partial charge in [-0.2, -0.15) is 0 Å². The molecule has 0 spiro atoms. The summed E-state index contributed by atoms with van der Waals surface area (Å²) in [6, 6.07) is 11.7. The van der Waals surface area contributed by atoms with E-state index in [4.69, 9.17) is 0 Å². The van der Waals surface area contributed by atoms with Crippen LogP contribution in [0.3, 0.4) is 0 Å². The first-order chi connectivity index (χ1) is 10.3. The largest absolute Gasteiger partial charge is 0.377 e. The van der Waals surface area contributed by atoms with E-state index in [1.54, 1.807) is 0 Å². The van der Waals surface area contributed by atoms with Crippen molar-refractivity contribution in [3.8, 4) is 0 Å². The lowest BCUT2D eigenvalue weighted by atomic mass is 9.98. The standard InChI is InChI=1S/C19H24N2O/c1-13-11-15(7-9-17(13)20(3)4)19(22)16-8-10-18(21(5)6)14(2)12-16/h7-12H,1-6H3. The van der Waals surface area contributed by atoms with Crippen LogP contribution >= 0.6 is 0 Å². The number of hydrogen-bond donors (Lipinski definition) is 0. The van der Waals surface area contributed by atoms with Crippen molar-refractivity contribution in [2.75, 3.05) is 38.0 Å². The molecule has 0 unspecified atom stereocenters. The lowest BCUT2D eigenvalue weighted by Crippen LogP contribution is -2.12. The maximum Gasteiger partial charge on any atom is 0.193 e. The fraction of sp³-hybridized carbons (Fsp3) is 0.316. The maximum absolute atomic E-state index is 12.7. The number of rotatable bonds is 4. The van der Waals surface area contributed by atoms with E-state index in [0.29, 0.717) is 0 Å². The van der Waals surface area contributed by atoms with E-state index in [1.165, 1.54) is 0 Å². The molecule has 0 aliphatic carbocycles. The van der Waals surface area contributed by atoms with Crippen LogP contribution in [0.5, 0.6) is 0 Å². The monoisotopic (exact) mass is 296 g/mol. The van der Waals surface area contributed by atoms with E-state index in [0.717, 1.165) is 33.6 Å². The number of aryl methyl sites for hydroxylation is 2. The van der Waals surface area contributed by atoms with Crippen molar-refractivity contribution in [1.82, 2.24) is 0 Å². The van der Waals surface area contributed by atoms with E-state index in [-0.39, 0.29) is 5.78 Å². The summed E-state index contributed by atoms with van der Waals surface area (Å²) in [5.74, 6) is 0.0711. The summed E-state index contributed by atoms with van der Waals surface area (Å²) < 4.78 is 0. The number of ketones is 1. The Kier molecular flexibility index (Phi) is 4.55. The van der Waals surface area contributed by atoms with Gasteiger partial charge in [-0.05, 0) is 61.4 Å². The van der Waals surface area contributed by atoms with Crippen LogP contribution in [0, 0.1) is 13.8 Å². The second-order valence-electron chi connectivity index (χ2n) is 6.12. The third-order valence-electron chi connectivity index (χ3n) is 3.88. The van der Waals surface area contributed by atoms with Crippen molar-refractivity contribution in [1.29, 1.82) is 0 Å². The third-order valence-corrected chi connectivity index (χ3v) is 3.88. The van der Waals surface area contributed by atoms with Gasteiger partial charge in [-0.15, -0.1) is 0 Å². The summed E-state index contributed by atoms with van der Waals surface area (Å²) in [7, 11) is 8.03. The minimum absolute atomic E-state index is 0.0711. The molecule has 0 saturated carbocycles. The quantitative estimate of drug-likeness (QED) is 0.804. The molecule has 0 aromatic heterocycles. The summed E-state index contributed by atoms with van der Waals surface area (Å²) in [5, 5.41) is 0. The number of benzene rings is 2. The highest BCUT2D eigenvalue weighted by Gasteiger charge is 2.13. The van der Waals surface area contributed by atoms with Crippen molar-refractivity contribution in [3.63, 3.8) is 0 Å². The average Bonchev–Trinajstić information content (AvgIpc) is 2.45. The molecule has 0 radical (unpaired) electrons. The van der Waals surface area contributed by atoms with Crippen molar-refractivity contribution in [2.45, 2.75) is 13.8 Å². The van der Waals surface area contributed by atoms with Crippen molar-refractivity contribution in [2.24, 2.45) is 0 Å². The van der Waals surface area contributed by atoms with Gasteiger partial charge in [0.25, 0.3) is 0 Å². The van der Waals surface area contributed by atoms with Gasteiger partial charge < -0.3 is 9.80 Å². The van der Waals surface area contributed by atoms with Crippen LogP contribution in [0.1, 0.15) is 27.0 Å². The zero-order valence-electron chi connectivity index (χ0n) is 14.3. The van der Waals surface area contributed by atoms with Gasteiger partial charge in [0.2, 0.25) is 0 Å². The van der Waals surface area contributed by atoms with Crippen molar-refractivity contribution >= 4 is 17.2 Å². The van der Waals surface area contributed by atoms with Crippen LogP contribution in [0.25, 0.3) is 0 Å². The number of hydrogen-bond acceptors (Lipinski definition) is 3. The predicted molar refractivity (Wildman–Crippen MR) is 94.4 cm³/mol. The first-order valence-corrected chi connectivity index (χ1v) is 7.42. The second-order valence-corrected chi connectivity index (χ2v) is 6.12. The summed E-state index contributed by atoms with van der Waals surface area (Å²) in [4.78, 5) is 16.8. The molecule has 0 aliphatic rings. The molecule has 0 atom stereocenters. The van der Waals surface area contributed by atoms with Crippen LogP contribution in [0.4, 0.5) is 11.4 Å². The van der Waals surface area contributed by atoms with E-state index < -0.39 is 0 Å². The highest BCUT2D eigenvalue weighted by atomic mass is 16.1. The molecule has 22 heavy (non-hydrogen) atoms. The molecule has 0 heterocycles. The number of carbonyl (C=O) groups excluding carboxylic acids is 1. The van der Waals surface area contributed by atoms with E-state index in [1.807, 2.05) is 78.4 Å². The Labute approximate surface area is 133 Å². The lowest BCUT2D eigenvalue weighted by Gasteiger charge is -2.17. The molecule has 116 valence electrons. The fourth-order valence-corrected chi connectivity index (χ4v) is 2.76. The zero-order valence-corrected chi connectivity index (χ0v) is 14.3. The van der Waals surface area contributed by atoms with Crippen LogP contribution in [0.15, 0.2) is 36.4 Å². The van der Waals surface area contributed by atoms with E-state index >= 15 is 0 Å². The smallest absolute Gasteiger partial charge is 0.193 e. The average molecular weight is 296 g/mol. The topological polar surface area (TPSA) is 23.6 Å². The highest BCUT2D eigenvalue weighted by molar-refractivity contribution is 6.09. The Morgan fingerprint density at radius 2 is 1.09 bits per heavy atom. The van der Waals surface area contributed by atoms with Crippen molar-refractivity contribution < 1.29 is 4.79 Å². The van der Waals surface area contributed by atoms with Gasteiger partial charge in [0.1, 0.15) is 0 Å². The lowest BCUT2D eigenvalue weighted by molar-refractivity contribution is 0.103. The van der Waals surface area contributed by atoms with Gasteiger partial charge in [0.05, 0.1) is 0 Å². The van der Waals surface area contributed by atoms with Gasteiger partial charge in [0, 0.05) is 50.7 Å². The molecule has 2 aromatic rings. The normalized spacial score (nSPS) is 10.5. The summed E-state index contributed by atoms with van der Waals surface area (Å²) >= 11 is 0. The minimum atomic E-state index is 0.0711. The number of anilines is 2. The Morgan fingerprint density at radius 3 is 1.36 bits per heavy atom. The Bertz CT molecular complexity index is 643. The van der Waals surface area contributed by atoms with Gasteiger partial charge in [-0.1, -0.05) is 0 Å². The molecule has 0 amide bonds. The molecular weight excluding hydrogens is 272 g/mol. The molecule has 0 N–H and O–H groups in total. The SMILES string of the molecule is Cc1cc(C(=O)c2ccc(N(C)C)c(C)c2)ccc1N(C)C. The number of nitrogens with zero attached hydrogens (tertiary/aromatic N) is 2. The fourth-order valence-electron chi connectivity index (χ4n) is 2.76. The maximum atomic E-state index is 12.7. The molecule has 3 nitrogen and oxygen atoms in total. The van der Waals surface area contributed by atoms with Crippen LogP contribution < -0.4 is 9.80 Å². The number of carbonyl (C=O) groups is 1. The molecule has 2 aromatic carbocycles. The summed E-state index contributed by atoms with van der Waals surface area (Å²) in [6.45, 7) is 4.07. The van der Waals surface area contributed by atoms with Gasteiger partial charge in [-0.3, -0.25) is 4.79 Å². The van der Waals surface area contributed by atoms with Crippen LogP contribution in [-0.4, -0.2) is 34.0 Å². The van der Waals surface area contributed by atoms with Crippen molar-refractivity contribution in [3.05, 3.63) is 58.7 Å².